The SMILES string of the molecule is COc1cccc(-n2c(=O)cc(Cl)[nH]c2=O)c1. The van der Waals surface area contributed by atoms with Gasteiger partial charge < -0.3 is 4.74 Å². The summed E-state index contributed by atoms with van der Waals surface area (Å²) in [4.78, 5) is 25.7. The van der Waals surface area contributed by atoms with Gasteiger partial charge in [0.1, 0.15) is 10.9 Å². The van der Waals surface area contributed by atoms with E-state index in [1.165, 1.54) is 7.11 Å². The van der Waals surface area contributed by atoms with Crippen molar-refractivity contribution in [2.45, 2.75) is 0 Å². The molecule has 6 heteroatoms. The van der Waals surface area contributed by atoms with Crippen molar-refractivity contribution in [3.05, 3.63) is 56.3 Å². The highest BCUT2D eigenvalue weighted by Crippen LogP contribution is 2.13. The van der Waals surface area contributed by atoms with Gasteiger partial charge in [0.05, 0.1) is 12.8 Å². The van der Waals surface area contributed by atoms with Crippen LogP contribution in [0.15, 0.2) is 39.9 Å². The van der Waals surface area contributed by atoms with E-state index in [1.54, 1.807) is 24.3 Å². The summed E-state index contributed by atoms with van der Waals surface area (Å²) in [6, 6.07) is 7.77. The molecule has 0 aliphatic rings. The molecule has 0 bridgehead atoms. The fraction of sp³-hybridized carbons (Fsp3) is 0.0909. The maximum Gasteiger partial charge on any atom is 0.334 e. The van der Waals surface area contributed by atoms with E-state index in [2.05, 4.69) is 4.98 Å². The second-order valence-corrected chi connectivity index (χ2v) is 3.70. The second-order valence-electron chi connectivity index (χ2n) is 3.30. The van der Waals surface area contributed by atoms with E-state index in [1.807, 2.05) is 0 Å². The highest BCUT2D eigenvalue weighted by atomic mass is 35.5. The number of halogens is 1. The number of H-pyrrole nitrogens is 1. The topological polar surface area (TPSA) is 64.1 Å². The van der Waals surface area contributed by atoms with E-state index in [4.69, 9.17) is 16.3 Å². The molecule has 17 heavy (non-hydrogen) atoms. The van der Waals surface area contributed by atoms with Crippen molar-refractivity contribution < 1.29 is 4.74 Å². The number of hydrogen-bond acceptors (Lipinski definition) is 3. The zero-order chi connectivity index (χ0) is 12.4. The van der Waals surface area contributed by atoms with Gasteiger partial charge in [0.15, 0.2) is 0 Å². The van der Waals surface area contributed by atoms with Crippen molar-refractivity contribution in [3.8, 4) is 11.4 Å². The van der Waals surface area contributed by atoms with Crippen molar-refractivity contribution in [3.63, 3.8) is 0 Å². The molecule has 1 aromatic heterocycles. The van der Waals surface area contributed by atoms with Crippen LogP contribution in [0.3, 0.4) is 0 Å². The van der Waals surface area contributed by atoms with Crippen molar-refractivity contribution in [2.24, 2.45) is 0 Å². The van der Waals surface area contributed by atoms with Crippen molar-refractivity contribution in [1.82, 2.24) is 9.55 Å². The number of benzene rings is 1. The summed E-state index contributed by atoms with van der Waals surface area (Å²) in [6.45, 7) is 0. The van der Waals surface area contributed by atoms with Crippen LogP contribution in [0.5, 0.6) is 5.75 Å². The van der Waals surface area contributed by atoms with Gasteiger partial charge in [0.25, 0.3) is 5.56 Å². The van der Waals surface area contributed by atoms with Gasteiger partial charge in [-0.05, 0) is 12.1 Å². The molecule has 0 aliphatic carbocycles. The van der Waals surface area contributed by atoms with Gasteiger partial charge in [-0.15, -0.1) is 0 Å². The molecule has 0 atom stereocenters. The molecule has 1 N–H and O–H groups in total. The van der Waals surface area contributed by atoms with Crippen molar-refractivity contribution >= 4 is 11.6 Å². The Hall–Kier alpha value is -2.01. The molecular weight excluding hydrogens is 244 g/mol. The Morgan fingerprint density at radius 1 is 1.29 bits per heavy atom. The standard InChI is InChI=1S/C11H9ClN2O3/c1-17-8-4-2-3-7(5-8)14-10(15)6-9(12)13-11(14)16/h2-6H,1H3,(H,13,16). The van der Waals surface area contributed by atoms with Crippen LogP contribution in [0.25, 0.3) is 5.69 Å². The number of nitrogens with one attached hydrogen (secondary N) is 1. The van der Waals surface area contributed by atoms with Crippen LogP contribution in [-0.4, -0.2) is 16.7 Å². The smallest absolute Gasteiger partial charge is 0.334 e. The Morgan fingerprint density at radius 3 is 2.71 bits per heavy atom. The van der Waals surface area contributed by atoms with E-state index in [9.17, 15) is 9.59 Å². The van der Waals surface area contributed by atoms with Crippen LogP contribution < -0.4 is 16.0 Å². The van der Waals surface area contributed by atoms with Crippen molar-refractivity contribution in [2.75, 3.05) is 7.11 Å². The molecule has 0 fully saturated rings. The minimum Gasteiger partial charge on any atom is -0.497 e. The van der Waals surface area contributed by atoms with Gasteiger partial charge in [-0.25, -0.2) is 9.36 Å². The fourth-order valence-corrected chi connectivity index (χ4v) is 1.64. The lowest BCUT2D eigenvalue weighted by molar-refractivity contribution is 0.414. The Kier molecular flexibility index (Phi) is 3.01. The van der Waals surface area contributed by atoms with Gasteiger partial charge >= 0.3 is 5.69 Å². The molecule has 5 nitrogen and oxygen atoms in total. The zero-order valence-corrected chi connectivity index (χ0v) is 9.69. The van der Waals surface area contributed by atoms with Gasteiger partial charge in [-0.1, -0.05) is 17.7 Å². The first kappa shape index (κ1) is 11.5. The first-order valence-electron chi connectivity index (χ1n) is 4.78. The first-order valence-corrected chi connectivity index (χ1v) is 5.16. The van der Waals surface area contributed by atoms with Crippen molar-refractivity contribution in [1.29, 1.82) is 0 Å². The van der Waals surface area contributed by atoms with Crippen LogP contribution in [-0.2, 0) is 0 Å². The van der Waals surface area contributed by atoms with E-state index in [-0.39, 0.29) is 5.15 Å². The van der Waals surface area contributed by atoms with Gasteiger partial charge in [0, 0.05) is 12.1 Å². The molecule has 0 radical (unpaired) electrons. The monoisotopic (exact) mass is 252 g/mol. The zero-order valence-electron chi connectivity index (χ0n) is 8.94. The highest BCUT2D eigenvalue weighted by Gasteiger charge is 2.06. The third kappa shape index (κ3) is 2.24. The average Bonchev–Trinajstić information content (AvgIpc) is 2.28. The van der Waals surface area contributed by atoms with E-state index in [0.29, 0.717) is 11.4 Å². The minimum absolute atomic E-state index is 0.0131. The molecular formula is C11H9ClN2O3. The number of ether oxygens (including phenoxy) is 1. The summed E-state index contributed by atoms with van der Waals surface area (Å²) in [6.07, 6.45) is 0. The van der Waals surface area contributed by atoms with Gasteiger partial charge in [-0.3, -0.25) is 9.78 Å². The summed E-state index contributed by atoms with van der Waals surface area (Å²) in [5.74, 6) is 0.559. The number of aromatic nitrogens is 2. The minimum atomic E-state index is -0.587. The summed E-state index contributed by atoms with van der Waals surface area (Å²) >= 11 is 5.57. The lowest BCUT2D eigenvalue weighted by Crippen LogP contribution is -2.32. The molecule has 0 aliphatic heterocycles. The predicted molar refractivity (Wildman–Crippen MR) is 64.2 cm³/mol. The quantitative estimate of drug-likeness (QED) is 0.817. The van der Waals surface area contributed by atoms with E-state index < -0.39 is 11.2 Å². The van der Waals surface area contributed by atoms with Crippen LogP contribution in [0, 0.1) is 0 Å². The largest absolute Gasteiger partial charge is 0.497 e. The number of rotatable bonds is 2. The molecule has 0 saturated heterocycles. The Labute approximate surface area is 101 Å². The number of methoxy groups -OCH3 is 1. The number of aromatic amines is 1. The fourth-order valence-electron chi connectivity index (χ4n) is 1.46. The molecule has 0 unspecified atom stereocenters. The highest BCUT2D eigenvalue weighted by molar-refractivity contribution is 6.29. The average molecular weight is 253 g/mol. The van der Waals surface area contributed by atoms with Gasteiger partial charge in [-0.2, -0.15) is 0 Å². The molecule has 1 aromatic carbocycles. The third-order valence-electron chi connectivity index (χ3n) is 2.21. The lowest BCUT2D eigenvalue weighted by Gasteiger charge is -2.06. The molecule has 0 spiro atoms. The molecule has 1 heterocycles. The summed E-state index contributed by atoms with van der Waals surface area (Å²) in [7, 11) is 1.51. The number of hydrogen-bond donors (Lipinski definition) is 1. The maximum absolute atomic E-state index is 11.7. The molecule has 88 valence electrons. The molecule has 0 saturated carbocycles. The predicted octanol–water partition coefficient (Wildman–Crippen LogP) is 1.19. The normalized spacial score (nSPS) is 10.2. The van der Waals surface area contributed by atoms with Gasteiger partial charge in [0.2, 0.25) is 0 Å². The Morgan fingerprint density at radius 2 is 2.06 bits per heavy atom. The summed E-state index contributed by atoms with van der Waals surface area (Å²) < 4.78 is 6.01. The second kappa shape index (κ2) is 4.47. The Balaban J connectivity index is 2.68. The molecule has 0 amide bonds. The lowest BCUT2D eigenvalue weighted by atomic mass is 10.3. The Bertz CT molecular complexity index is 629. The number of nitrogens with zero attached hydrogens (tertiary/aromatic N) is 1. The van der Waals surface area contributed by atoms with Crippen LogP contribution in [0.4, 0.5) is 0 Å². The molecule has 2 rings (SSSR count). The third-order valence-corrected chi connectivity index (χ3v) is 2.42. The van der Waals surface area contributed by atoms with Crippen LogP contribution >= 0.6 is 11.6 Å². The van der Waals surface area contributed by atoms with Crippen LogP contribution in [0.1, 0.15) is 0 Å². The maximum atomic E-state index is 11.7. The summed E-state index contributed by atoms with van der Waals surface area (Å²) in [5.41, 5.74) is -0.657. The summed E-state index contributed by atoms with van der Waals surface area (Å²) in [5, 5.41) is 0.0131. The molecule has 2 aromatic rings. The van der Waals surface area contributed by atoms with E-state index in [0.717, 1.165) is 10.6 Å². The first-order chi connectivity index (χ1) is 8.11. The van der Waals surface area contributed by atoms with Crippen LogP contribution in [0.2, 0.25) is 5.15 Å². The van der Waals surface area contributed by atoms with E-state index >= 15 is 0 Å².